The summed E-state index contributed by atoms with van der Waals surface area (Å²) in [6, 6.07) is 14.5. The van der Waals surface area contributed by atoms with Crippen LogP contribution in [0.25, 0.3) is 21.7 Å². The summed E-state index contributed by atoms with van der Waals surface area (Å²) in [5, 5.41) is 5.29. The van der Waals surface area contributed by atoms with E-state index in [1.54, 1.807) is 36.2 Å². The minimum absolute atomic E-state index is 0.122. The van der Waals surface area contributed by atoms with Crippen molar-refractivity contribution in [3.8, 4) is 5.75 Å². The van der Waals surface area contributed by atoms with Crippen molar-refractivity contribution < 1.29 is 9.53 Å². The summed E-state index contributed by atoms with van der Waals surface area (Å²) >= 11 is 0. The van der Waals surface area contributed by atoms with Crippen molar-refractivity contribution >= 4 is 27.6 Å². The minimum Gasteiger partial charge on any atom is -0.497 e. The maximum Gasteiger partial charge on any atom is 0.258 e. The largest absolute Gasteiger partial charge is 0.497 e. The fraction of sp³-hybridized carbons (Fsp3) is 0.208. The molecule has 0 radical (unpaired) electrons. The van der Waals surface area contributed by atoms with E-state index >= 15 is 0 Å². The quantitative estimate of drug-likeness (QED) is 0.512. The zero-order valence-corrected chi connectivity index (χ0v) is 17.2. The van der Waals surface area contributed by atoms with E-state index in [1.807, 2.05) is 50.2 Å². The Morgan fingerprint density at radius 3 is 2.73 bits per heavy atom. The number of aryl methyl sites for hydroxylation is 1. The smallest absolute Gasteiger partial charge is 0.258 e. The monoisotopic (exact) mass is 401 g/mol. The Morgan fingerprint density at radius 1 is 1.13 bits per heavy atom. The third-order valence-corrected chi connectivity index (χ3v) is 5.40. The van der Waals surface area contributed by atoms with Crippen LogP contribution in [0.2, 0.25) is 0 Å². The van der Waals surface area contributed by atoms with Crippen LogP contribution in [0.5, 0.6) is 5.75 Å². The average molecular weight is 401 g/mol. The van der Waals surface area contributed by atoms with E-state index in [4.69, 9.17) is 4.74 Å². The van der Waals surface area contributed by atoms with Crippen molar-refractivity contribution in [1.29, 1.82) is 0 Å². The third-order valence-electron chi connectivity index (χ3n) is 5.40. The summed E-state index contributed by atoms with van der Waals surface area (Å²) in [5.74, 6) is 0.505. The van der Waals surface area contributed by atoms with Gasteiger partial charge in [-0.1, -0.05) is 18.2 Å². The maximum atomic E-state index is 13.1. The fourth-order valence-electron chi connectivity index (χ4n) is 3.77. The highest BCUT2D eigenvalue weighted by molar-refractivity contribution is 6.08. The number of carbonyl (C=O) groups excluding carboxylic acids is 1. The molecule has 0 aliphatic rings. The second-order valence-electron chi connectivity index (χ2n) is 7.17. The molecule has 2 heterocycles. The number of nitrogens with one attached hydrogen (secondary N) is 1. The lowest BCUT2D eigenvalue weighted by Crippen LogP contribution is -2.27. The molecule has 4 rings (SSSR count). The van der Waals surface area contributed by atoms with Gasteiger partial charge in [-0.15, -0.1) is 0 Å². The van der Waals surface area contributed by atoms with Crippen molar-refractivity contribution in [2.45, 2.75) is 26.4 Å². The molecule has 152 valence electrons. The number of methoxy groups -OCH3 is 1. The topological polar surface area (TPSA) is 73.2 Å². The van der Waals surface area contributed by atoms with Crippen LogP contribution in [0.3, 0.4) is 0 Å². The molecule has 30 heavy (non-hydrogen) atoms. The number of rotatable bonds is 5. The molecule has 0 bridgehead atoms. The van der Waals surface area contributed by atoms with E-state index in [2.05, 4.69) is 10.3 Å². The Balaban J connectivity index is 1.72. The number of amides is 1. The summed E-state index contributed by atoms with van der Waals surface area (Å²) in [7, 11) is 1.61. The lowest BCUT2D eigenvalue weighted by Gasteiger charge is -2.16. The normalized spacial score (nSPS) is 12.1. The Kier molecular flexibility index (Phi) is 5.23. The van der Waals surface area contributed by atoms with E-state index in [0.29, 0.717) is 17.5 Å². The number of aromatic nitrogens is 2. The van der Waals surface area contributed by atoms with Crippen LogP contribution in [0.4, 0.5) is 0 Å². The molecule has 4 aromatic rings. The zero-order valence-electron chi connectivity index (χ0n) is 17.2. The SMILES string of the molecule is CCn1c(=O)c2cc(C(=O)NC(C)c3cccc(OC)c3)ccc2c2ccncc21. The van der Waals surface area contributed by atoms with Crippen LogP contribution >= 0.6 is 0 Å². The highest BCUT2D eigenvalue weighted by Gasteiger charge is 2.15. The molecule has 0 spiro atoms. The van der Waals surface area contributed by atoms with Gasteiger partial charge in [-0.2, -0.15) is 0 Å². The van der Waals surface area contributed by atoms with Crippen LogP contribution in [0.15, 0.2) is 65.7 Å². The van der Waals surface area contributed by atoms with Crippen LogP contribution < -0.4 is 15.6 Å². The summed E-state index contributed by atoms with van der Waals surface area (Å²) in [6.45, 7) is 4.37. The Hall–Kier alpha value is -3.67. The van der Waals surface area contributed by atoms with Gasteiger partial charge in [-0.05, 0) is 55.1 Å². The van der Waals surface area contributed by atoms with Gasteiger partial charge < -0.3 is 14.6 Å². The van der Waals surface area contributed by atoms with Gasteiger partial charge in [0.1, 0.15) is 5.75 Å². The number of benzene rings is 2. The second kappa shape index (κ2) is 7.99. The molecule has 0 saturated heterocycles. The number of pyridine rings is 2. The van der Waals surface area contributed by atoms with Gasteiger partial charge in [0.05, 0.1) is 24.9 Å². The van der Waals surface area contributed by atoms with Gasteiger partial charge in [0.15, 0.2) is 0 Å². The van der Waals surface area contributed by atoms with E-state index in [0.717, 1.165) is 27.6 Å². The second-order valence-corrected chi connectivity index (χ2v) is 7.17. The van der Waals surface area contributed by atoms with Crippen molar-refractivity contribution in [1.82, 2.24) is 14.9 Å². The van der Waals surface area contributed by atoms with E-state index in [1.165, 1.54) is 0 Å². The van der Waals surface area contributed by atoms with Crippen molar-refractivity contribution in [2.75, 3.05) is 7.11 Å². The highest BCUT2D eigenvalue weighted by Crippen LogP contribution is 2.24. The van der Waals surface area contributed by atoms with Gasteiger partial charge in [0, 0.05) is 29.1 Å². The molecule has 1 atom stereocenters. The van der Waals surface area contributed by atoms with Crippen LogP contribution in [-0.2, 0) is 6.54 Å². The number of hydrogen-bond donors (Lipinski definition) is 1. The van der Waals surface area contributed by atoms with Gasteiger partial charge in [0.2, 0.25) is 0 Å². The summed E-state index contributed by atoms with van der Waals surface area (Å²) < 4.78 is 6.94. The average Bonchev–Trinajstić information content (AvgIpc) is 2.79. The molecule has 0 aliphatic heterocycles. The molecular weight excluding hydrogens is 378 g/mol. The lowest BCUT2D eigenvalue weighted by atomic mass is 10.0. The first-order valence-corrected chi connectivity index (χ1v) is 9.88. The molecule has 6 nitrogen and oxygen atoms in total. The molecule has 0 fully saturated rings. The maximum absolute atomic E-state index is 13.1. The molecule has 2 aromatic heterocycles. The predicted octanol–water partition coefficient (Wildman–Crippen LogP) is 4.07. The van der Waals surface area contributed by atoms with Gasteiger partial charge in [-0.3, -0.25) is 14.6 Å². The van der Waals surface area contributed by atoms with Crippen LogP contribution in [0.1, 0.15) is 35.8 Å². The number of hydrogen-bond acceptors (Lipinski definition) is 4. The summed E-state index contributed by atoms with van der Waals surface area (Å²) in [4.78, 5) is 30.1. The first-order valence-electron chi connectivity index (χ1n) is 9.88. The van der Waals surface area contributed by atoms with Crippen LogP contribution in [-0.4, -0.2) is 22.6 Å². The molecule has 0 aliphatic carbocycles. The number of ether oxygens (including phenoxy) is 1. The van der Waals surface area contributed by atoms with Crippen molar-refractivity contribution in [2.24, 2.45) is 0 Å². The van der Waals surface area contributed by atoms with Gasteiger partial charge in [0.25, 0.3) is 11.5 Å². The minimum atomic E-state index is -0.232. The standard InChI is InChI=1S/C24H23N3O3/c1-4-27-22-14-25-11-10-20(22)19-9-8-17(13-21(19)24(27)29)23(28)26-15(2)16-6-5-7-18(12-16)30-3/h5-15H,4H2,1-3H3,(H,26,28). The summed E-state index contributed by atoms with van der Waals surface area (Å²) in [6.07, 6.45) is 3.42. The molecule has 1 unspecified atom stereocenters. The number of carbonyl (C=O) groups is 1. The van der Waals surface area contributed by atoms with Gasteiger partial charge in [-0.25, -0.2) is 0 Å². The first-order chi connectivity index (χ1) is 14.5. The van der Waals surface area contributed by atoms with Crippen molar-refractivity contribution in [3.05, 3.63) is 82.4 Å². The molecule has 6 heteroatoms. The fourth-order valence-corrected chi connectivity index (χ4v) is 3.77. The highest BCUT2D eigenvalue weighted by atomic mass is 16.5. The Bertz CT molecular complexity index is 1310. The Morgan fingerprint density at radius 2 is 1.97 bits per heavy atom. The Labute approximate surface area is 174 Å². The van der Waals surface area contributed by atoms with Crippen molar-refractivity contribution in [3.63, 3.8) is 0 Å². The van der Waals surface area contributed by atoms with E-state index in [-0.39, 0.29) is 17.5 Å². The van der Waals surface area contributed by atoms with E-state index in [9.17, 15) is 9.59 Å². The summed E-state index contributed by atoms with van der Waals surface area (Å²) in [5.41, 5.74) is 2.06. The van der Waals surface area contributed by atoms with E-state index < -0.39 is 0 Å². The molecular formula is C24H23N3O3. The zero-order chi connectivity index (χ0) is 21.3. The van der Waals surface area contributed by atoms with Gasteiger partial charge >= 0.3 is 0 Å². The number of fused-ring (bicyclic) bond motifs is 3. The molecule has 1 amide bonds. The van der Waals surface area contributed by atoms with Crippen LogP contribution in [0, 0.1) is 0 Å². The predicted molar refractivity (Wildman–Crippen MR) is 118 cm³/mol. The first kappa shape index (κ1) is 19.6. The molecule has 0 saturated carbocycles. The molecule has 1 N–H and O–H groups in total. The molecule has 2 aromatic carbocycles. The lowest BCUT2D eigenvalue weighted by molar-refractivity contribution is 0.0940. The third kappa shape index (κ3) is 3.41. The number of nitrogens with zero attached hydrogens (tertiary/aromatic N) is 2.